The molecule has 0 aromatic carbocycles. The van der Waals surface area contributed by atoms with Crippen molar-refractivity contribution in [1.29, 1.82) is 0 Å². The first kappa shape index (κ1) is 72.6. The number of carbonyl (C=O) groups excluding carboxylic acids is 3. The van der Waals surface area contributed by atoms with Gasteiger partial charge in [-0.1, -0.05) is 311 Å². The number of esters is 3. The van der Waals surface area contributed by atoms with Gasteiger partial charge in [-0.2, -0.15) is 0 Å². The van der Waals surface area contributed by atoms with E-state index in [1.807, 2.05) is 6.08 Å². The Kier molecular flexibility index (Phi) is 61.2. The molecule has 0 aliphatic carbocycles. The van der Waals surface area contributed by atoms with Crippen molar-refractivity contribution in [1.82, 2.24) is 0 Å². The predicted octanol–water partition coefficient (Wildman–Crippen LogP) is 22.3. The fourth-order valence-electron chi connectivity index (χ4n) is 9.31. The molecule has 0 aromatic rings. The van der Waals surface area contributed by atoms with Crippen molar-refractivity contribution in [2.24, 2.45) is 0 Å². The Morgan fingerprint density at radius 1 is 0.289 bits per heavy atom. The van der Waals surface area contributed by atoms with Gasteiger partial charge in [0.25, 0.3) is 0 Å². The number of ether oxygens (including phenoxy) is 3. The summed E-state index contributed by atoms with van der Waals surface area (Å²) in [6, 6.07) is 0. The van der Waals surface area contributed by atoms with Gasteiger partial charge in [-0.3, -0.25) is 14.4 Å². The zero-order chi connectivity index (χ0) is 55.0. The van der Waals surface area contributed by atoms with Gasteiger partial charge in [-0.25, -0.2) is 0 Å². The van der Waals surface area contributed by atoms with E-state index in [1.54, 1.807) is 6.08 Å². The van der Waals surface area contributed by atoms with E-state index in [4.69, 9.17) is 14.2 Å². The van der Waals surface area contributed by atoms with Crippen molar-refractivity contribution in [2.75, 3.05) is 13.2 Å². The second-order valence-electron chi connectivity index (χ2n) is 21.7. The van der Waals surface area contributed by atoms with Crippen LogP contribution < -0.4 is 0 Å². The van der Waals surface area contributed by atoms with E-state index < -0.39 is 12.1 Å². The third kappa shape index (κ3) is 61.4. The molecule has 0 radical (unpaired) electrons. The second kappa shape index (κ2) is 64.1. The predicted molar refractivity (Wildman–Crippen MR) is 330 cm³/mol. The Bertz CT molecular complexity index is 1450. The summed E-state index contributed by atoms with van der Waals surface area (Å²) in [5.74, 6) is -1.04. The molecule has 0 amide bonds. The van der Waals surface area contributed by atoms with Gasteiger partial charge in [0.1, 0.15) is 13.2 Å². The van der Waals surface area contributed by atoms with E-state index in [1.165, 1.54) is 199 Å². The Morgan fingerprint density at radius 2 is 0.566 bits per heavy atom. The zero-order valence-electron chi connectivity index (χ0n) is 50.3. The van der Waals surface area contributed by atoms with Crippen LogP contribution in [0.15, 0.2) is 85.1 Å². The third-order valence-electron chi connectivity index (χ3n) is 14.2. The largest absolute Gasteiger partial charge is 0.462 e. The van der Waals surface area contributed by atoms with Gasteiger partial charge in [0.15, 0.2) is 6.10 Å². The van der Waals surface area contributed by atoms with E-state index in [0.29, 0.717) is 12.8 Å². The molecule has 438 valence electrons. The lowest BCUT2D eigenvalue weighted by atomic mass is 10.0. The van der Waals surface area contributed by atoms with Gasteiger partial charge in [-0.15, -0.1) is 0 Å². The van der Waals surface area contributed by atoms with Crippen LogP contribution in [0.5, 0.6) is 0 Å². The van der Waals surface area contributed by atoms with E-state index >= 15 is 0 Å². The van der Waals surface area contributed by atoms with Crippen molar-refractivity contribution in [3.8, 4) is 0 Å². The highest BCUT2D eigenvalue weighted by Crippen LogP contribution is 2.17. The van der Waals surface area contributed by atoms with Crippen molar-refractivity contribution < 1.29 is 28.6 Å². The molecule has 6 heteroatoms. The van der Waals surface area contributed by atoms with Crippen LogP contribution in [0.1, 0.15) is 323 Å². The first-order chi connectivity index (χ1) is 37.5. The number of hydrogen-bond acceptors (Lipinski definition) is 6. The third-order valence-corrected chi connectivity index (χ3v) is 14.2. The maximum absolute atomic E-state index is 12.9. The summed E-state index contributed by atoms with van der Waals surface area (Å²) < 4.78 is 16.8. The van der Waals surface area contributed by atoms with Crippen LogP contribution in [0.4, 0.5) is 0 Å². The minimum atomic E-state index is -0.821. The molecule has 1 unspecified atom stereocenters. The van der Waals surface area contributed by atoms with Gasteiger partial charge >= 0.3 is 17.9 Å². The summed E-state index contributed by atoms with van der Waals surface area (Å²) in [7, 11) is 0. The topological polar surface area (TPSA) is 78.9 Å². The fraction of sp³-hybridized carbons (Fsp3) is 0.757. The lowest BCUT2D eigenvalue weighted by Crippen LogP contribution is -2.30. The van der Waals surface area contributed by atoms with Crippen LogP contribution in [0.3, 0.4) is 0 Å². The molecule has 0 spiro atoms. The van der Waals surface area contributed by atoms with Gasteiger partial charge in [0.05, 0.1) is 6.42 Å². The van der Waals surface area contributed by atoms with Crippen LogP contribution in [0, 0.1) is 0 Å². The zero-order valence-corrected chi connectivity index (χ0v) is 50.3. The standard InChI is InChI=1S/C70H122O6/c1-4-7-10-13-16-19-22-25-28-30-32-33-34-35-36-37-38-40-42-45-48-51-54-57-60-63-69(72)75-66-67(65-74-68(71)62-59-56-53-50-47-44-41-27-24-21-18-15-12-9-6-3)76-70(73)64-61-58-55-52-49-46-43-39-31-29-26-23-20-17-14-11-8-5-2/h9,12,18,20-21,23,27,29,31,41,47,50,56,59,67H,4-8,10-11,13-17,19,22,24-26,28,30,32-40,42-46,48-49,51-55,57-58,60-66H2,1-3H3/b12-9-,21-18-,23-20-,31-29-,41-27-,50-47-,59-56-. The molecule has 0 aromatic heterocycles. The van der Waals surface area contributed by atoms with Crippen molar-refractivity contribution in [3.05, 3.63) is 85.1 Å². The fourth-order valence-corrected chi connectivity index (χ4v) is 9.31. The molecule has 0 fully saturated rings. The van der Waals surface area contributed by atoms with E-state index in [2.05, 4.69) is 93.7 Å². The summed E-state index contributed by atoms with van der Waals surface area (Å²) in [5.41, 5.74) is 0. The van der Waals surface area contributed by atoms with E-state index in [0.717, 1.165) is 83.5 Å². The Morgan fingerprint density at radius 3 is 0.934 bits per heavy atom. The monoisotopic (exact) mass is 1060 g/mol. The normalized spacial score (nSPS) is 12.6. The number of unbranched alkanes of at least 4 members (excludes halogenated alkanes) is 35. The molecule has 0 rings (SSSR count). The summed E-state index contributed by atoms with van der Waals surface area (Å²) >= 11 is 0. The second-order valence-corrected chi connectivity index (χ2v) is 21.7. The molecule has 6 nitrogen and oxygen atoms in total. The van der Waals surface area contributed by atoms with Crippen molar-refractivity contribution in [3.63, 3.8) is 0 Å². The number of hydrogen-bond donors (Lipinski definition) is 0. The van der Waals surface area contributed by atoms with Gasteiger partial charge in [-0.05, 0) is 77.0 Å². The molecule has 0 saturated heterocycles. The molecule has 0 N–H and O–H groups in total. The molecular weight excluding hydrogens is 937 g/mol. The lowest BCUT2D eigenvalue weighted by Gasteiger charge is -2.18. The molecular formula is C70H122O6. The molecule has 0 bridgehead atoms. The first-order valence-electron chi connectivity index (χ1n) is 32.6. The van der Waals surface area contributed by atoms with Crippen molar-refractivity contribution in [2.45, 2.75) is 329 Å². The Hall–Kier alpha value is -3.41. The maximum atomic E-state index is 12.9. The minimum absolute atomic E-state index is 0.107. The van der Waals surface area contributed by atoms with Gasteiger partial charge in [0.2, 0.25) is 0 Å². The SMILES string of the molecule is CC/C=C\C/C=C\C/C=C\C/C=C\C/C=C\CC(=O)OCC(COC(=O)CCCCCCCCCCCCCCCCCCCCCCCCCCC)OC(=O)CCCCCCCCC/C=C\C/C=C\CCCCCC. The smallest absolute Gasteiger partial charge is 0.309 e. The number of allylic oxidation sites excluding steroid dienone is 13. The molecule has 76 heavy (non-hydrogen) atoms. The van der Waals surface area contributed by atoms with Crippen LogP contribution in [0.2, 0.25) is 0 Å². The Balaban J connectivity index is 4.36. The maximum Gasteiger partial charge on any atom is 0.309 e. The van der Waals surface area contributed by atoms with Crippen LogP contribution in [0.25, 0.3) is 0 Å². The van der Waals surface area contributed by atoms with Crippen LogP contribution in [-0.4, -0.2) is 37.2 Å². The molecule has 0 heterocycles. The number of rotatable bonds is 59. The van der Waals surface area contributed by atoms with Gasteiger partial charge < -0.3 is 14.2 Å². The van der Waals surface area contributed by atoms with Crippen LogP contribution in [-0.2, 0) is 28.6 Å². The minimum Gasteiger partial charge on any atom is -0.462 e. The highest BCUT2D eigenvalue weighted by molar-refractivity contribution is 5.72. The molecule has 0 aliphatic rings. The van der Waals surface area contributed by atoms with Crippen LogP contribution >= 0.6 is 0 Å². The first-order valence-corrected chi connectivity index (χ1v) is 32.6. The molecule has 0 aliphatic heterocycles. The van der Waals surface area contributed by atoms with E-state index in [-0.39, 0.29) is 31.6 Å². The van der Waals surface area contributed by atoms with Gasteiger partial charge in [0, 0.05) is 12.8 Å². The lowest BCUT2D eigenvalue weighted by molar-refractivity contribution is -0.166. The average molecular weight is 1060 g/mol. The average Bonchev–Trinajstić information content (AvgIpc) is 3.42. The highest BCUT2D eigenvalue weighted by atomic mass is 16.6. The molecule has 1 atom stereocenters. The van der Waals surface area contributed by atoms with E-state index in [9.17, 15) is 14.4 Å². The summed E-state index contributed by atoms with van der Waals surface area (Å²) in [5, 5.41) is 0. The highest BCUT2D eigenvalue weighted by Gasteiger charge is 2.19. The summed E-state index contributed by atoms with van der Waals surface area (Å²) in [6.07, 6.45) is 84.8. The molecule has 0 saturated carbocycles. The summed E-state index contributed by atoms with van der Waals surface area (Å²) in [4.78, 5) is 38.2. The number of carbonyl (C=O) groups is 3. The quantitative estimate of drug-likeness (QED) is 0.0261. The van der Waals surface area contributed by atoms with Crippen molar-refractivity contribution >= 4 is 17.9 Å². The summed E-state index contributed by atoms with van der Waals surface area (Å²) in [6.45, 7) is 6.46. The Labute approximate surface area is 471 Å².